The monoisotopic (exact) mass is 486 g/mol. The highest BCUT2D eigenvalue weighted by Crippen LogP contribution is 2.29. The number of esters is 1. The van der Waals surface area contributed by atoms with Crippen LogP contribution in [0.1, 0.15) is 18.5 Å². The average Bonchev–Trinajstić information content (AvgIpc) is 2.86. The van der Waals surface area contributed by atoms with Crippen molar-refractivity contribution in [2.24, 2.45) is 0 Å². The first-order valence-electron chi connectivity index (χ1n) is 11.4. The third kappa shape index (κ3) is 5.54. The van der Waals surface area contributed by atoms with Gasteiger partial charge in [0.05, 0.1) is 25.3 Å². The van der Waals surface area contributed by atoms with Crippen molar-refractivity contribution < 1.29 is 27.8 Å². The number of amides is 2. The number of ether oxygens (including phenoxy) is 2. The van der Waals surface area contributed by atoms with Gasteiger partial charge >= 0.3 is 12.0 Å². The number of benzene rings is 2. The van der Waals surface area contributed by atoms with Crippen molar-refractivity contribution in [1.82, 2.24) is 15.5 Å². The van der Waals surface area contributed by atoms with Crippen LogP contribution in [-0.2, 0) is 9.53 Å². The van der Waals surface area contributed by atoms with Crippen LogP contribution in [0.5, 0.6) is 5.75 Å². The van der Waals surface area contributed by atoms with Gasteiger partial charge < -0.3 is 25.0 Å². The lowest BCUT2D eigenvalue weighted by Gasteiger charge is -2.38. The van der Waals surface area contributed by atoms with Crippen LogP contribution in [0, 0.1) is 11.6 Å². The van der Waals surface area contributed by atoms with E-state index >= 15 is 0 Å². The first kappa shape index (κ1) is 24.5. The molecule has 8 nitrogen and oxygen atoms in total. The van der Waals surface area contributed by atoms with Crippen LogP contribution < -0.4 is 20.3 Å². The highest BCUT2D eigenvalue weighted by molar-refractivity contribution is 5.95. The highest BCUT2D eigenvalue weighted by Gasteiger charge is 2.35. The summed E-state index contributed by atoms with van der Waals surface area (Å²) in [5, 5.41) is 5.36. The van der Waals surface area contributed by atoms with Crippen LogP contribution in [0.15, 0.2) is 53.7 Å². The average molecular weight is 487 g/mol. The van der Waals surface area contributed by atoms with Gasteiger partial charge in [0, 0.05) is 50.2 Å². The van der Waals surface area contributed by atoms with E-state index in [1.807, 2.05) is 24.3 Å². The third-order valence-corrected chi connectivity index (χ3v) is 6.10. The number of methoxy groups -OCH3 is 1. The summed E-state index contributed by atoms with van der Waals surface area (Å²) in [4.78, 5) is 29.7. The first-order valence-corrected chi connectivity index (χ1v) is 11.4. The molecule has 2 aliphatic heterocycles. The Bertz CT molecular complexity index is 1130. The van der Waals surface area contributed by atoms with Crippen molar-refractivity contribution in [2.45, 2.75) is 13.0 Å². The number of halogens is 2. The number of carbonyl (C=O) groups excluding carboxylic acids is 2. The van der Waals surface area contributed by atoms with Crippen molar-refractivity contribution in [3.8, 4) is 5.75 Å². The molecule has 0 spiro atoms. The smallest absolute Gasteiger partial charge is 0.338 e. The van der Waals surface area contributed by atoms with Crippen LogP contribution in [0.2, 0.25) is 0 Å². The van der Waals surface area contributed by atoms with Crippen molar-refractivity contribution >= 4 is 17.7 Å². The topological polar surface area (TPSA) is 83.1 Å². The molecule has 2 aromatic rings. The number of rotatable bonds is 7. The van der Waals surface area contributed by atoms with Gasteiger partial charge in [-0.2, -0.15) is 0 Å². The maximum Gasteiger partial charge on any atom is 0.338 e. The van der Waals surface area contributed by atoms with Gasteiger partial charge in [0.2, 0.25) is 0 Å². The standard InChI is InChI=1S/C25H28F2N4O4/c1-3-35-24(32)22-21(28-25(33)29-23(22)16-7-8-19(26)20(27)13-16)15-30-9-11-31(12-10-30)17-5-4-6-18(14-17)34-2/h4-8,13-14,23H,3,9-12,15H2,1-2H3,(H2,28,29,33). The molecule has 35 heavy (non-hydrogen) atoms. The molecule has 2 aliphatic rings. The molecule has 0 aromatic heterocycles. The van der Waals surface area contributed by atoms with Gasteiger partial charge in [-0.25, -0.2) is 18.4 Å². The molecule has 1 atom stereocenters. The normalized spacial score (nSPS) is 18.7. The molecule has 1 unspecified atom stereocenters. The maximum absolute atomic E-state index is 13.9. The minimum Gasteiger partial charge on any atom is -0.497 e. The van der Waals surface area contributed by atoms with Crippen LogP contribution in [0.3, 0.4) is 0 Å². The summed E-state index contributed by atoms with van der Waals surface area (Å²) < 4.78 is 38.0. The number of nitrogens with one attached hydrogen (secondary N) is 2. The summed E-state index contributed by atoms with van der Waals surface area (Å²) in [6.45, 7) is 4.98. The zero-order valence-electron chi connectivity index (χ0n) is 19.6. The van der Waals surface area contributed by atoms with E-state index in [-0.39, 0.29) is 17.7 Å². The molecule has 0 radical (unpaired) electrons. The van der Waals surface area contributed by atoms with E-state index < -0.39 is 29.7 Å². The van der Waals surface area contributed by atoms with Gasteiger partial charge in [0.1, 0.15) is 5.75 Å². The molecule has 2 amide bonds. The van der Waals surface area contributed by atoms with E-state index in [9.17, 15) is 18.4 Å². The number of hydrogen-bond donors (Lipinski definition) is 2. The van der Waals surface area contributed by atoms with Gasteiger partial charge in [-0.3, -0.25) is 4.90 Å². The predicted molar refractivity (Wildman–Crippen MR) is 126 cm³/mol. The van der Waals surface area contributed by atoms with E-state index in [0.29, 0.717) is 25.3 Å². The Balaban J connectivity index is 1.56. The van der Waals surface area contributed by atoms with E-state index in [4.69, 9.17) is 9.47 Å². The second-order valence-corrected chi connectivity index (χ2v) is 8.28. The highest BCUT2D eigenvalue weighted by atomic mass is 19.2. The van der Waals surface area contributed by atoms with Crippen molar-refractivity contribution in [2.75, 3.05) is 51.3 Å². The largest absolute Gasteiger partial charge is 0.497 e. The lowest BCUT2D eigenvalue weighted by molar-refractivity contribution is -0.139. The summed E-state index contributed by atoms with van der Waals surface area (Å²) in [7, 11) is 1.63. The number of piperazine rings is 1. The summed E-state index contributed by atoms with van der Waals surface area (Å²) >= 11 is 0. The number of urea groups is 1. The quantitative estimate of drug-likeness (QED) is 0.586. The van der Waals surface area contributed by atoms with E-state index in [1.165, 1.54) is 6.07 Å². The lowest BCUT2D eigenvalue weighted by atomic mass is 9.94. The molecule has 186 valence electrons. The van der Waals surface area contributed by atoms with Gasteiger partial charge in [-0.15, -0.1) is 0 Å². The van der Waals surface area contributed by atoms with Gasteiger partial charge in [0.25, 0.3) is 0 Å². The Hall–Kier alpha value is -3.66. The molecule has 0 bridgehead atoms. The van der Waals surface area contributed by atoms with E-state index in [0.717, 1.165) is 36.7 Å². The number of hydrogen-bond acceptors (Lipinski definition) is 6. The van der Waals surface area contributed by atoms with Gasteiger partial charge in [0.15, 0.2) is 11.6 Å². The Kier molecular flexibility index (Phi) is 7.50. The van der Waals surface area contributed by atoms with Crippen LogP contribution >= 0.6 is 0 Å². The third-order valence-electron chi connectivity index (χ3n) is 6.10. The zero-order chi connectivity index (χ0) is 24.9. The number of carbonyl (C=O) groups is 2. The Morgan fingerprint density at radius 3 is 2.54 bits per heavy atom. The molecule has 10 heteroatoms. The van der Waals surface area contributed by atoms with Crippen molar-refractivity contribution in [3.63, 3.8) is 0 Å². The first-order chi connectivity index (χ1) is 16.9. The molecule has 2 N–H and O–H groups in total. The fraction of sp³-hybridized carbons (Fsp3) is 0.360. The Labute approximate surface area is 202 Å². The summed E-state index contributed by atoms with van der Waals surface area (Å²) in [6.07, 6.45) is 0. The van der Waals surface area contributed by atoms with Crippen molar-refractivity contribution in [3.05, 3.63) is 70.9 Å². The van der Waals surface area contributed by atoms with E-state index in [2.05, 4.69) is 20.4 Å². The second kappa shape index (κ2) is 10.7. The molecule has 1 saturated heterocycles. The summed E-state index contributed by atoms with van der Waals surface area (Å²) in [5.74, 6) is -1.91. The van der Waals surface area contributed by atoms with E-state index in [1.54, 1.807) is 14.0 Å². The SMILES string of the molecule is CCOC(=O)C1=C(CN2CCN(c3cccc(OC)c3)CC2)NC(=O)NC1c1ccc(F)c(F)c1. The minimum absolute atomic E-state index is 0.132. The molecule has 1 fully saturated rings. The summed E-state index contributed by atoms with van der Waals surface area (Å²) in [6, 6.07) is 9.65. The molecule has 2 heterocycles. The fourth-order valence-corrected chi connectivity index (χ4v) is 4.33. The molecule has 2 aromatic carbocycles. The molecular formula is C25H28F2N4O4. The van der Waals surface area contributed by atoms with Gasteiger partial charge in [-0.1, -0.05) is 12.1 Å². The second-order valence-electron chi connectivity index (χ2n) is 8.28. The number of nitrogens with zero attached hydrogens (tertiary/aromatic N) is 2. The fourth-order valence-electron chi connectivity index (χ4n) is 4.33. The molecule has 0 aliphatic carbocycles. The van der Waals surface area contributed by atoms with Crippen LogP contribution in [-0.4, -0.2) is 63.3 Å². The molecule has 4 rings (SSSR count). The Morgan fingerprint density at radius 1 is 1.09 bits per heavy atom. The molecular weight excluding hydrogens is 458 g/mol. The molecule has 0 saturated carbocycles. The number of anilines is 1. The predicted octanol–water partition coefficient (Wildman–Crippen LogP) is 2.97. The minimum atomic E-state index is -1.06. The lowest BCUT2D eigenvalue weighted by Crippen LogP contribution is -2.51. The summed E-state index contributed by atoms with van der Waals surface area (Å²) in [5.41, 5.74) is 1.87. The zero-order valence-corrected chi connectivity index (χ0v) is 19.6. The Morgan fingerprint density at radius 2 is 1.86 bits per heavy atom. The maximum atomic E-state index is 13.9. The van der Waals surface area contributed by atoms with Crippen molar-refractivity contribution in [1.29, 1.82) is 0 Å². The van der Waals surface area contributed by atoms with Crippen LogP contribution in [0.4, 0.5) is 19.3 Å². The van der Waals surface area contributed by atoms with Crippen LogP contribution in [0.25, 0.3) is 0 Å². The van der Waals surface area contributed by atoms with Gasteiger partial charge in [-0.05, 0) is 36.8 Å².